The van der Waals surface area contributed by atoms with Gasteiger partial charge in [-0.15, -0.1) is 0 Å². The van der Waals surface area contributed by atoms with E-state index in [0.29, 0.717) is 5.69 Å². The number of nitrogens with zero attached hydrogens (tertiary/aromatic N) is 2. The highest BCUT2D eigenvalue weighted by atomic mass is 19.1. The van der Waals surface area contributed by atoms with Crippen LogP contribution in [0.2, 0.25) is 0 Å². The van der Waals surface area contributed by atoms with Gasteiger partial charge in [0.25, 0.3) is 0 Å². The van der Waals surface area contributed by atoms with E-state index >= 15 is 0 Å². The van der Waals surface area contributed by atoms with E-state index in [4.69, 9.17) is 0 Å². The molecule has 3 heteroatoms. The Hall–Kier alpha value is -2.34. The Morgan fingerprint density at radius 2 is 1.90 bits per heavy atom. The molecule has 1 aliphatic heterocycles. The highest BCUT2D eigenvalue weighted by molar-refractivity contribution is 5.73. The lowest BCUT2D eigenvalue weighted by atomic mass is 9.95. The predicted octanol–water partition coefficient (Wildman–Crippen LogP) is 4.17. The molecule has 3 rings (SSSR count). The average Bonchev–Trinajstić information content (AvgIpc) is 2.47. The lowest BCUT2D eigenvalue weighted by Gasteiger charge is -2.37. The van der Waals surface area contributed by atoms with Gasteiger partial charge in [0.2, 0.25) is 0 Å². The lowest BCUT2D eigenvalue weighted by Crippen LogP contribution is -2.33. The van der Waals surface area contributed by atoms with Gasteiger partial charge in [-0.25, -0.2) is 4.39 Å². The molecule has 2 aromatic carbocycles. The van der Waals surface area contributed by atoms with Crippen molar-refractivity contribution in [2.75, 3.05) is 4.90 Å². The molecule has 1 heterocycles. The zero-order valence-electron chi connectivity index (χ0n) is 11.3. The largest absolute Gasteiger partial charge is 0.337 e. The van der Waals surface area contributed by atoms with Crippen LogP contribution in [-0.4, -0.2) is 6.04 Å². The molecule has 0 aliphatic carbocycles. The Labute approximate surface area is 118 Å². The summed E-state index contributed by atoms with van der Waals surface area (Å²) < 4.78 is 13.9. The van der Waals surface area contributed by atoms with Gasteiger partial charge in [-0.3, -0.25) is 0 Å². The van der Waals surface area contributed by atoms with E-state index in [1.54, 1.807) is 6.07 Å². The molecule has 1 atom stereocenters. The number of benzene rings is 2. The number of halogens is 1. The van der Waals surface area contributed by atoms with Crippen molar-refractivity contribution in [3.8, 4) is 6.07 Å². The van der Waals surface area contributed by atoms with Gasteiger partial charge in [0.05, 0.1) is 5.69 Å². The van der Waals surface area contributed by atoms with Gasteiger partial charge >= 0.3 is 0 Å². The molecule has 0 aromatic heterocycles. The normalized spacial score (nSPS) is 17.4. The molecule has 20 heavy (non-hydrogen) atoms. The summed E-state index contributed by atoms with van der Waals surface area (Å²) in [6.07, 6.45) is 2.02. The highest BCUT2D eigenvalue weighted by Gasteiger charge is 2.26. The molecule has 2 nitrogen and oxygen atoms in total. The standard InChI is InChI=1S/C17H15FN2/c1-12-9-10-13-5-2-3-7-16(13)20(12)17-8-4-6-15(18)14(17)11-19/h2-8,12H,9-10H2,1H3. The minimum atomic E-state index is -0.458. The number of fused-ring (bicyclic) bond motifs is 1. The van der Waals surface area contributed by atoms with Gasteiger partial charge in [0, 0.05) is 11.7 Å². The van der Waals surface area contributed by atoms with Gasteiger partial charge in [-0.1, -0.05) is 24.3 Å². The van der Waals surface area contributed by atoms with Crippen LogP contribution in [0.1, 0.15) is 24.5 Å². The highest BCUT2D eigenvalue weighted by Crippen LogP contribution is 2.38. The van der Waals surface area contributed by atoms with E-state index in [1.165, 1.54) is 11.6 Å². The van der Waals surface area contributed by atoms with Gasteiger partial charge < -0.3 is 4.90 Å². The number of hydrogen-bond acceptors (Lipinski definition) is 2. The first kappa shape index (κ1) is 12.7. The van der Waals surface area contributed by atoms with Crippen LogP contribution in [0.4, 0.5) is 15.8 Å². The zero-order valence-corrected chi connectivity index (χ0v) is 11.3. The Bertz CT molecular complexity index is 688. The van der Waals surface area contributed by atoms with Gasteiger partial charge in [-0.2, -0.15) is 5.26 Å². The van der Waals surface area contributed by atoms with Crippen LogP contribution in [0.5, 0.6) is 0 Å². The summed E-state index contributed by atoms with van der Waals surface area (Å²) in [6, 6.07) is 15.2. The third kappa shape index (κ3) is 1.94. The minimum absolute atomic E-state index is 0.121. The number of para-hydroxylation sites is 1. The third-order valence-corrected chi connectivity index (χ3v) is 3.89. The Morgan fingerprint density at radius 3 is 2.70 bits per heavy atom. The molecule has 0 amide bonds. The number of anilines is 2. The minimum Gasteiger partial charge on any atom is -0.337 e. The van der Waals surface area contributed by atoms with E-state index in [2.05, 4.69) is 17.9 Å². The van der Waals surface area contributed by atoms with Crippen molar-refractivity contribution >= 4 is 11.4 Å². The van der Waals surface area contributed by atoms with Gasteiger partial charge in [0.1, 0.15) is 17.4 Å². The summed E-state index contributed by atoms with van der Waals surface area (Å²) in [5, 5.41) is 9.25. The predicted molar refractivity (Wildman–Crippen MR) is 77.5 cm³/mol. The van der Waals surface area contributed by atoms with E-state index < -0.39 is 5.82 Å². The van der Waals surface area contributed by atoms with Crippen LogP contribution in [0.25, 0.3) is 0 Å². The van der Waals surface area contributed by atoms with Crippen molar-refractivity contribution in [2.45, 2.75) is 25.8 Å². The van der Waals surface area contributed by atoms with E-state index in [-0.39, 0.29) is 11.6 Å². The monoisotopic (exact) mass is 266 g/mol. The van der Waals surface area contributed by atoms with Crippen LogP contribution >= 0.6 is 0 Å². The first-order valence-electron chi connectivity index (χ1n) is 6.78. The lowest BCUT2D eigenvalue weighted by molar-refractivity contribution is 0.605. The summed E-state index contributed by atoms with van der Waals surface area (Å²) >= 11 is 0. The van der Waals surface area contributed by atoms with Crippen molar-refractivity contribution < 1.29 is 4.39 Å². The molecule has 1 aliphatic rings. The molecule has 100 valence electrons. The topological polar surface area (TPSA) is 27.0 Å². The molecule has 0 radical (unpaired) electrons. The molecule has 0 saturated heterocycles. The van der Waals surface area contributed by atoms with Crippen molar-refractivity contribution in [1.82, 2.24) is 0 Å². The Kier molecular flexibility index (Phi) is 3.15. The molecule has 0 bridgehead atoms. The van der Waals surface area contributed by atoms with Crippen molar-refractivity contribution in [2.24, 2.45) is 0 Å². The van der Waals surface area contributed by atoms with Gasteiger partial charge in [0.15, 0.2) is 0 Å². The number of hydrogen-bond donors (Lipinski definition) is 0. The molecule has 0 spiro atoms. The summed E-state index contributed by atoms with van der Waals surface area (Å²) in [7, 11) is 0. The fourth-order valence-corrected chi connectivity index (χ4v) is 2.88. The van der Waals surface area contributed by atoms with Crippen LogP contribution in [0.15, 0.2) is 42.5 Å². The van der Waals surface area contributed by atoms with E-state index in [1.807, 2.05) is 30.3 Å². The molecular formula is C17H15FN2. The SMILES string of the molecule is CC1CCc2ccccc2N1c1cccc(F)c1C#N. The van der Waals surface area contributed by atoms with Crippen LogP contribution in [0.3, 0.4) is 0 Å². The van der Waals surface area contributed by atoms with Crippen molar-refractivity contribution in [3.05, 3.63) is 59.4 Å². The number of aryl methyl sites for hydroxylation is 1. The first-order chi connectivity index (χ1) is 9.72. The second-order valence-corrected chi connectivity index (χ2v) is 5.13. The fraction of sp³-hybridized carbons (Fsp3) is 0.235. The molecular weight excluding hydrogens is 251 g/mol. The maximum atomic E-state index is 13.9. The van der Waals surface area contributed by atoms with Crippen molar-refractivity contribution in [3.63, 3.8) is 0 Å². The fourth-order valence-electron chi connectivity index (χ4n) is 2.88. The second kappa shape index (κ2) is 4.97. The second-order valence-electron chi connectivity index (χ2n) is 5.13. The Balaban J connectivity index is 2.20. The summed E-state index contributed by atoms with van der Waals surface area (Å²) in [4.78, 5) is 2.08. The summed E-state index contributed by atoms with van der Waals surface area (Å²) in [6.45, 7) is 2.11. The van der Waals surface area contributed by atoms with Gasteiger partial charge in [-0.05, 0) is 43.5 Å². The van der Waals surface area contributed by atoms with Crippen molar-refractivity contribution in [1.29, 1.82) is 5.26 Å². The molecule has 1 unspecified atom stereocenters. The Morgan fingerprint density at radius 1 is 1.15 bits per heavy atom. The maximum absolute atomic E-state index is 13.9. The number of nitriles is 1. The molecule has 0 fully saturated rings. The maximum Gasteiger partial charge on any atom is 0.143 e. The molecule has 0 saturated carbocycles. The van der Waals surface area contributed by atoms with Crippen LogP contribution in [0, 0.1) is 17.1 Å². The van der Waals surface area contributed by atoms with E-state index in [0.717, 1.165) is 18.5 Å². The van der Waals surface area contributed by atoms with Crippen LogP contribution < -0.4 is 4.90 Å². The number of rotatable bonds is 1. The molecule has 0 N–H and O–H groups in total. The summed E-state index contributed by atoms with van der Waals surface area (Å²) in [5.41, 5.74) is 3.11. The molecule has 2 aromatic rings. The average molecular weight is 266 g/mol. The quantitative estimate of drug-likeness (QED) is 0.774. The smallest absolute Gasteiger partial charge is 0.143 e. The first-order valence-corrected chi connectivity index (χ1v) is 6.78. The summed E-state index contributed by atoms with van der Waals surface area (Å²) in [5.74, 6) is -0.458. The third-order valence-electron chi connectivity index (χ3n) is 3.89. The van der Waals surface area contributed by atoms with Crippen LogP contribution in [-0.2, 0) is 6.42 Å². The van der Waals surface area contributed by atoms with E-state index in [9.17, 15) is 9.65 Å². The zero-order chi connectivity index (χ0) is 14.1.